The summed E-state index contributed by atoms with van der Waals surface area (Å²) < 4.78 is 0. The summed E-state index contributed by atoms with van der Waals surface area (Å²) in [7, 11) is 0. The third kappa shape index (κ3) is 8.33. The van der Waals surface area contributed by atoms with Gasteiger partial charge < -0.3 is 4.79 Å². The van der Waals surface area contributed by atoms with Crippen molar-refractivity contribution in [1.29, 1.82) is 0 Å². The molecule has 3 nitrogen and oxygen atoms in total. The lowest BCUT2D eigenvalue weighted by atomic mass is 10.0. The molecule has 0 N–H and O–H groups in total. The van der Waals surface area contributed by atoms with E-state index in [9.17, 15) is 14.4 Å². The first-order valence-corrected chi connectivity index (χ1v) is 6.13. The lowest BCUT2D eigenvalue weighted by Crippen LogP contribution is -2.13. The Morgan fingerprint density at radius 2 is 1.31 bits per heavy atom. The van der Waals surface area contributed by atoms with Crippen LogP contribution in [0.4, 0.5) is 0 Å². The molecule has 0 unspecified atom stereocenters. The van der Waals surface area contributed by atoms with Crippen molar-refractivity contribution in [2.24, 2.45) is 0 Å². The van der Waals surface area contributed by atoms with Gasteiger partial charge in [-0.05, 0) is 19.8 Å². The molecule has 0 aliphatic rings. The van der Waals surface area contributed by atoms with Gasteiger partial charge in [-0.2, -0.15) is 0 Å². The molecule has 92 valence electrons. The van der Waals surface area contributed by atoms with Crippen molar-refractivity contribution in [2.45, 2.75) is 65.2 Å². The van der Waals surface area contributed by atoms with Crippen molar-refractivity contribution < 1.29 is 14.4 Å². The molecule has 0 aromatic rings. The number of ketones is 3. The van der Waals surface area contributed by atoms with Crippen LogP contribution in [0.1, 0.15) is 65.2 Å². The lowest BCUT2D eigenvalue weighted by Gasteiger charge is -2.00. The maximum absolute atomic E-state index is 11.3. The number of carbonyl (C=O) groups is 3. The van der Waals surface area contributed by atoms with E-state index in [-0.39, 0.29) is 23.8 Å². The topological polar surface area (TPSA) is 51.2 Å². The van der Waals surface area contributed by atoms with Crippen LogP contribution in [-0.4, -0.2) is 17.3 Å². The van der Waals surface area contributed by atoms with E-state index < -0.39 is 0 Å². The van der Waals surface area contributed by atoms with E-state index in [4.69, 9.17) is 0 Å². The highest BCUT2D eigenvalue weighted by atomic mass is 16.2. The van der Waals surface area contributed by atoms with Gasteiger partial charge in [-0.3, -0.25) is 9.59 Å². The van der Waals surface area contributed by atoms with Crippen LogP contribution in [0.3, 0.4) is 0 Å². The van der Waals surface area contributed by atoms with Crippen LogP contribution >= 0.6 is 0 Å². The minimum absolute atomic E-state index is 0.0724. The fourth-order valence-corrected chi connectivity index (χ4v) is 1.49. The molecule has 0 saturated heterocycles. The van der Waals surface area contributed by atoms with Crippen LogP contribution in [0.25, 0.3) is 0 Å². The summed E-state index contributed by atoms with van der Waals surface area (Å²) in [4.78, 5) is 33.3. The quantitative estimate of drug-likeness (QED) is 0.425. The maximum atomic E-state index is 11.3. The molecule has 0 bridgehead atoms. The number of unbranched alkanes of at least 4 members (excludes halogenated alkanes) is 3. The second-order valence-electron chi connectivity index (χ2n) is 4.21. The van der Waals surface area contributed by atoms with E-state index in [0.717, 1.165) is 25.7 Å². The van der Waals surface area contributed by atoms with Crippen LogP contribution in [0.2, 0.25) is 0 Å². The van der Waals surface area contributed by atoms with Gasteiger partial charge in [0.05, 0.1) is 0 Å². The summed E-state index contributed by atoms with van der Waals surface area (Å²) in [5.41, 5.74) is 0. The van der Waals surface area contributed by atoms with Crippen molar-refractivity contribution in [3.63, 3.8) is 0 Å². The van der Waals surface area contributed by atoms with Crippen LogP contribution < -0.4 is 0 Å². The van der Waals surface area contributed by atoms with E-state index in [0.29, 0.717) is 19.3 Å². The molecule has 0 aliphatic heterocycles. The zero-order chi connectivity index (χ0) is 12.4. The summed E-state index contributed by atoms with van der Waals surface area (Å²) in [6.07, 6.45) is 5.58. The molecular formula is C13H22O3. The van der Waals surface area contributed by atoms with Crippen LogP contribution in [-0.2, 0) is 14.4 Å². The molecule has 16 heavy (non-hydrogen) atoms. The summed E-state index contributed by atoms with van der Waals surface area (Å²) in [6.45, 7) is 3.60. The normalized spacial score (nSPS) is 10.1. The molecule has 0 spiro atoms. The third-order valence-electron chi connectivity index (χ3n) is 2.50. The summed E-state index contributed by atoms with van der Waals surface area (Å²) >= 11 is 0. The Hall–Kier alpha value is -0.990. The van der Waals surface area contributed by atoms with Crippen LogP contribution in [0, 0.1) is 0 Å². The lowest BCUT2D eigenvalue weighted by molar-refractivity contribution is -0.136. The van der Waals surface area contributed by atoms with Crippen LogP contribution in [0.5, 0.6) is 0 Å². The Morgan fingerprint density at radius 3 is 1.81 bits per heavy atom. The van der Waals surface area contributed by atoms with E-state index in [1.54, 1.807) is 0 Å². The Kier molecular flexibility index (Phi) is 8.68. The average Bonchev–Trinajstić information content (AvgIpc) is 2.23. The number of hydrogen-bond donors (Lipinski definition) is 0. The molecule has 0 heterocycles. The number of carbonyl (C=O) groups excluding carboxylic acids is 3. The van der Waals surface area contributed by atoms with Crippen molar-refractivity contribution >= 4 is 17.3 Å². The number of rotatable bonds is 10. The molecule has 0 rings (SSSR count). The van der Waals surface area contributed by atoms with Gasteiger partial charge in [-0.1, -0.05) is 26.2 Å². The smallest absolute Gasteiger partial charge is 0.198 e. The fourth-order valence-electron chi connectivity index (χ4n) is 1.49. The summed E-state index contributed by atoms with van der Waals surface area (Å²) in [5, 5.41) is 0. The van der Waals surface area contributed by atoms with E-state index >= 15 is 0 Å². The minimum atomic E-state index is -0.308. The van der Waals surface area contributed by atoms with Gasteiger partial charge in [0.15, 0.2) is 11.6 Å². The second kappa shape index (κ2) is 9.25. The molecule has 0 aromatic carbocycles. The fraction of sp³-hybridized carbons (Fsp3) is 0.769. The second-order valence-corrected chi connectivity index (χ2v) is 4.21. The molecule has 0 amide bonds. The average molecular weight is 226 g/mol. The first-order valence-electron chi connectivity index (χ1n) is 6.13. The SMILES string of the molecule is CCCCCCC(=O)C(=O)CCCC(C)=O. The van der Waals surface area contributed by atoms with Crippen molar-refractivity contribution in [3.05, 3.63) is 0 Å². The maximum Gasteiger partial charge on any atom is 0.198 e. The Balaban J connectivity index is 3.57. The molecule has 0 radical (unpaired) electrons. The Morgan fingerprint density at radius 1 is 0.750 bits per heavy atom. The van der Waals surface area contributed by atoms with Gasteiger partial charge in [-0.15, -0.1) is 0 Å². The third-order valence-corrected chi connectivity index (χ3v) is 2.50. The van der Waals surface area contributed by atoms with Crippen molar-refractivity contribution in [2.75, 3.05) is 0 Å². The minimum Gasteiger partial charge on any atom is -0.300 e. The molecule has 0 atom stereocenters. The molecule has 0 aliphatic carbocycles. The largest absolute Gasteiger partial charge is 0.300 e. The van der Waals surface area contributed by atoms with Gasteiger partial charge in [0.1, 0.15) is 5.78 Å². The molecule has 0 aromatic heterocycles. The van der Waals surface area contributed by atoms with E-state index in [1.165, 1.54) is 6.92 Å². The Labute approximate surface area is 97.6 Å². The standard InChI is InChI=1S/C13H22O3/c1-3-4-5-6-9-12(15)13(16)10-7-8-11(2)14/h3-10H2,1-2H3. The summed E-state index contributed by atoms with van der Waals surface area (Å²) in [6, 6.07) is 0. The van der Waals surface area contributed by atoms with E-state index in [1.807, 2.05) is 0 Å². The number of Topliss-reactive ketones (excluding diaryl/α,β-unsaturated/α-hetero) is 3. The highest BCUT2D eigenvalue weighted by Gasteiger charge is 2.12. The zero-order valence-corrected chi connectivity index (χ0v) is 10.4. The van der Waals surface area contributed by atoms with Crippen molar-refractivity contribution in [3.8, 4) is 0 Å². The predicted molar refractivity (Wildman–Crippen MR) is 63.3 cm³/mol. The molecule has 3 heteroatoms. The Bertz CT molecular complexity index is 244. The van der Waals surface area contributed by atoms with Crippen LogP contribution in [0.15, 0.2) is 0 Å². The van der Waals surface area contributed by atoms with Gasteiger partial charge in [0, 0.05) is 19.3 Å². The molecule has 0 fully saturated rings. The molecular weight excluding hydrogens is 204 g/mol. The predicted octanol–water partition coefficient (Wildman–Crippen LogP) is 2.85. The summed E-state index contributed by atoms with van der Waals surface area (Å²) in [5.74, 6) is -0.499. The number of hydrogen-bond acceptors (Lipinski definition) is 3. The van der Waals surface area contributed by atoms with Gasteiger partial charge in [-0.25, -0.2) is 0 Å². The van der Waals surface area contributed by atoms with Gasteiger partial charge >= 0.3 is 0 Å². The van der Waals surface area contributed by atoms with Gasteiger partial charge in [0.25, 0.3) is 0 Å². The van der Waals surface area contributed by atoms with Gasteiger partial charge in [0.2, 0.25) is 0 Å². The first-order chi connectivity index (χ1) is 7.57. The highest BCUT2D eigenvalue weighted by Crippen LogP contribution is 2.05. The monoisotopic (exact) mass is 226 g/mol. The first kappa shape index (κ1) is 15.0. The molecule has 0 saturated carbocycles. The highest BCUT2D eigenvalue weighted by molar-refractivity contribution is 6.37. The zero-order valence-electron chi connectivity index (χ0n) is 10.4. The van der Waals surface area contributed by atoms with Crippen molar-refractivity contribution in [1.82, 2.24) is 0 Å². The van der Waals surface area contributed by atoms with E-state index in [2.05, 4.69) is 6.92 Å².